The van der Waals surface area contributed by atoms with Crippen LogP contribution in [-0.4, -0.2) is 55.3 Å². The Kier molecular flexibility index (Phi) is 6.17. The van der Waals surface area contributed by atoms with Crippen molar-refractivity contribution < 1.29 is 0 Å². The third kappa shape index (κ3) is 4.66. The molecule has 0 spiro atoms. The average molecular weight is 356 g/mol. The van der Waals surface area contributed by atoms with Crippen LogP contribution >= 0.6 is 11.8 Å². The van der Waals surface area contributed by atoms with Crippen LogP contribution in [0.5, 0.6) is 0 Å². The Morgan fingerprint density at radius 1 is 1.12 bits per heavy atom. The van der Waals surface area contributed by atoms with E-state index in [4.69, 9.17) is 0 Å². The first-order valence-electron chi connectivity index (χ1n) is 8.54. The first-order chi connectivity index (χ1) is 12.3. The zero-order valence-corrected chi connectivity index (χ0v) is 15.7. The van der Waals surface area contributed by atoms with Crippen LogP contribution in [0.25, 0.3) is 0 Å². The summed E-state index contributed by atoms with van der Waals surface area (Å²) in [6, 6.07) is 14.7. The molecule has 0 atom stereocenters. The predicted octanol–water partition coefficient (Wildman–Crippen LogP) is 2.70. The number of aromatic nitrogens is 1. The van der Waals surface area contributed by atoms with Crippen LogP contribution in [0.1, 0.15) is 5.56 Å². The number of piperazine rings is 1. The molecule has 1 aromatic heterocycles. The summed E-state index contributed by atoms with van der Waals surface area (Å²) in [5.74, 6) is 2.02. The first kappa shape index (κ1) is 17.6. The van der Waals surface area contributed by atoms with Crippen molar-refractivity contribution in [2.45, 2.75) is 11.4 Å². The van der Waals surface area contributed by atoms with Gasteiger partial charge in [0.2, 0.25) is 0 Å². The number of guanidine groups is 1. The molecule has 1 fully saturated rings. The Bertz CT molecular complexity index is 679. The molecule has 5 nitrogen and oxygen atoms in total. The second-order valence-electron chi connectivity index (χ2n) is 5.91. The van der Waals surface area contributed by atoms with Gasteiger partial charge in [0.25, 0.3) is 0 Å². The summed E-state index contributed by atoms with van der Waals surface area (Å²) in [5.41, 5.74) is 1.27. The number of nitrogens with one attached hydrogen (secondary N) is 1. The van der Waals surface area contributed by atoms with Crippen LogP contribution in [0.2, 0.25) is 0 Å². The van der Waals surface area contributed by atoms with E-state index in [9.17, 15) is 0 Å². The lowest BCUT2D eigenvalue weighted by Gasteiger charge is -2.37. The number of hydrogen-bond donors (Lipinski definition) is 1. The Morgan fingerprint density at radius 2 is 1.88 bits per heavy atom. The van der Waals surface area contributed by atoms with Gasteiger partial charge >= 0.3 is 0 Å². The zero-order chi connectivity index (χ0) is 17.5. The van der Waals surface area contributed by atoms with Gasteiger partial charge in [0, 0.05) is 50.9 Å². The largest absolute Gasteiger partial charge is 0.353 e. The van der Waals surface area contributed by atoms with Crippen molar-refractivity contribution in [3.8, 4) is 0 Å². The van der Waals surface area contributed by atoms with E-state index in [0.717, 1.165) is 44.5 Å². The lowest BCUT2D eigenvalue weighted by molar-refractivity contribution is 0.371. The second-order valence-corrected chi connectivity index (χ2v) is 6.79. The van der Waals surface area contributed by atoms with E-state index < -0.39 is 0 Å². The molecule has 2 heterocycles. The SMILES string of the molecule is CN=C(NCc1ccc(SC)cc1)N1CCN(c2ccccn2)CC1. The van der Waals surface area contributed by atoms with Crippen molar-refractivity contribution in [2.24, 2.45) is 4.99 Å². The van der Waals surface area contributed by atoms with Gasteiger partial charge < -0.3 is 15.1 Å². The number of hydrogen-bond acceptors (Lipinski definition) is 4. The number of anilines is 1. The zero-order valence-electron chi connectivity index (χ0n) is 14.9. The van der Waals surface area contributed by atoms with Crippen LogP contribution in [0.15, 0.2) is 58.5 Å². The number of benzene rings is 1. The van der Waals surface area contributed by atoms with E-state index in [1.165, 1.54) is 10.5 Å². The summed E-state index contributed by atoms with van der Waals surface area (Å²) in [7, 11) is 1.85. The molecule has 0 saturated carbocycles. The molecular weight excluding hydrogens is 330 g/mol. The fraction of sp³-hybridized carbons (Fsp3) is 0.368. The van der Waals surface area contributed by atoms with Gasteiger partial charge in [-0.05, 0) is 36.1 Å². The fourth-order valence-electron chi connectivity index (χ4n) is 2.94. The van der Waals surface area contributed by atoms with Crippen molar-refractivity contribution in [3.63, 3.8) is 0 Å². The molecule has 1 N–H and O–H groups in total. The Labute approximate surface area is 154 Å². The molecular formula is C19H25N5S. The summed E-state index contributed by atoms with van der Waals surface area (Å²) in [5, 5.41) is 3.48. The van der Waals surface area contributed by atoms with E-state index in [1.54, 1.807) is 11.8 Å². The highest BCUT2D eigenvalue weighted by atomic mass is 32.2. The minimum absolute atomic E-state index is 0.793. The topological polar surface area (TPSA) is 43.8 Å². The predicted molar refractivity (Wildman–Crippen MR) is 106 cm³/mol. The van der Waals surface area contributed by atoms with E-state index in [0.29, 0.717) is 0 Å². The molecule has 6 heteroatoms. The highest BCUT2D eigenvalue weighted by Crippen LogP contribution is 2.15. The quantitative estimate of drug-likeness (QED) is 0.519. The van der Waals surface area contributed by atoms with Gasteiger partial charge in [0.15, 0.2) is 5.96 Å². The molecule has 0 aliphatic carbocycles. The summed E-state index contributed by atoms with van der Waals surface area (Å²) in [6.45, 7) is 4.60. The van der Waals surface area contributed by atoms with Gasteiger partial charge in [0.05, 0.1) is 0 Å². The lowest BCUT2D eigenvalue weighted by Crippen LogP contribution is -2.52. The molecule has 132 valence electrons. The Balaban J connectivity index is 1.52. The highest BCUT2D eigenvalue weighted by molar-refractivity contribution is 7.98. The van der Waals surface area contributed by atoms with Gasteiger partial charge in [-0.1, -0.05) is 18.2 Å². The molecule has 0 bridgehead atoms. The maximum atomic E-state index is 4.45. The molecule has 25 heavy (non-hydrogen) atoms. The number of nitrogens with zero attached hydrogens (tertiary/aromatic N) is 4. The number of pyridine rings is 1. The van der Waals surface area contributed by atoms with E-state index >= 15 is 0 Å². The van der Waals surface area contributed by atoms with Crippen molar-refractivity contribution in [3.05, 3.63) is 54.2 Å². The normalized spacial score (nSPS) is 15.4. The number of rotatable bonds is 4. The van der Waals surface area contributed by atoms with Crippen molar-refractivity contribution in [1.29, 1.82) is 0 Å². The lowest BCUT2D eigenvalue weighted by atomic mass is 10.2. The van der Waals surface area contributed by atoms with Crippen LogP contribution in [0.3, 0.4) is 0 Å². The van der Waals surface area contributed by atoms with Gasteiger partial charge in [-0.2, -0.15) is 0 Å². The smallest absolute Gasteiger partial charge is 0.194 e. The molecule has 2 aromatic rings. The molecule has 1 aromatic carbocycles. The van der Waals surface area contributed by atoms with Crippen LogP contribution in [-0.2, 0) is 6.54 Å². The summed E-state index contributed by atoms with van der Waals surface area (Å²) < 4.78 is 0. The average Bonchev–Trinajstić information content (AvgIpc) is 2.70. The molecule has 1 aliphatic rings. The standard InChI is InChI=1S/C19H25N5S/c1-20-19(22-15-16-6-8-17(25-2)9-7-16)24-13-11-23(12-14-24)18-5-3-4-10-21-18/h3-10H,11-15H2,1-2H3,(H,20,22). The Hall–Kier alpha value is -2.21. The molecule has 1 aliphatic heterocycles. The van der Waals surface area contributed by atoms with Crippen LogP contribution < -0.4 is 10.2 Å². The van der Waals surface area contributed by atoms with Gasteiger partial charge in [0.1, 0.15) is 5.82 Å². The van der Waals surface area contributed by atoms with Crippen molar-refractivity contribution in [2.75, 3.05) is 44.4 Å². The maximum Gasteiger partial charge on any atom is 0.194 e. The van der Waals surface area contributed by atoms with Crippen molar-refractivity contribution in [1.82, 2.24) is 15.2 Å². The molecule has 3 rings (SSSR count). The van der Waals surface area contributed by atoms with Gasteiger partial charge in [-0.15, -0.1) is 11.8 Å². The fourth-order valence-corrected chi connectivity index (χ4v) is 3.35. The van der Waals surface area contributed by atoms with E-state index in [-0.39, 0.29) is 0 Å². The van der Waals surface area contributed by atoms with E-state index in [2.05, 4.69) is 61.7 Å². The van der Waals surface area contributed by atoms with Crippen molar-refractivity contribution >= 4 is 23.5 Å². The summed E-state index contributed by atoms with van der Waals surface area (Å²) in [6.07, 6.45) is 3.95. The van der Waals surface area contributed by atoms with Gasteiger partial charge in [-0.3, -0.25) is 4.99 Å². The third-order valence-corrected chi connectivity index (χ3v) is 5.12. The van der Waals surface area contributed by atoms with E-state index in [1.807, 2.05) is 25.4 Å². The number of aliphatic imine (C=N–C) groups is 1. The number of thioether (sulfide) groups is 1. The molecule has 0 amide bonds. The minimum atomic E-state index is 0.793. The second kappa shape index (κ2) is 8.76. The highest BCUT2D eigenvalue weighted by Gasteiger charge is 2.20. The monoisotopic (exact) mass is 355 g/mol. The molecule has 0 unspecified atom stereocenters. The third-order valence-electron chi connectivity index (χ3n) is 4.37. The summed E-state index contributed by atoms with van der Waals surface area (Å²) >= 11 is 1.77. The molecule has 1 saturated heterocycles. The minimum Gasteiger partial charge on any atom is -0.353 e. The molecule has 0 radical (unpaired) electrons. The van der Waals surface area contributed by atoms with Crippen LogP contribution in [0.4, 0.5) is 5.82 Å². The Morgan fingerprint density at radius 3 is 2.48 bits per heavy atom. The van der Waals surface area contributed by atoms with Crippen LogP contribution in [0, 0.1) is 0 Å². The maximum absolute atomic E-state index is 4.45. The first-order valence-corrected chi connectivity index (χ1v) is 9.77. The van der Waals surface area contributed by atoms with Gasteiger partial charge in [-0.25, -0.2) is 4.98 Å². The summed E-state index contributed by atoms with van der Waals surface area (Å²) in [4.78, 5) is 14.8.